The summed E-state index contributed by atoms with van der Waals surface area (Å²) >= 11 is 6.20. The first-order chi connectivity index (χ1) is 17.8. The molecule has 1 amide bonds. The first-order valence-electron chi connectivity index (χ1n) is 10.8. The summed E-state index contributed by atoms with van der Waals surface area (Å²) in [4.78, 5) is 26.2. The van der Waals surface area contributed by atoms with Crippen LogP contribution in [0.25, 0.3) is 22.1 Å². The molecule has 0 aliphatic carbocycles. The zero-order valence-corrected chi connectivity index (χ0v) is 20.2. The molecule has 12 heteroatoms. The summed E-state index contributed by atoms with van der Waals surface area (Å²) in [5.41, 5.74) is 8.34. The number of oxime groups is 1. The summed E-state index contributed by atoms with van der Waals surface area (Å²) in [7, 11) is 0. The van der Waals surface area contributed by atoms with Crippen LogP contribution in [0.3, 0.4) is 0 Å². The van der Waals surface area contributed by atoms with Crippen LogP contribution in [0.1, 0.15) is 33.7 Å². The molecule has 5 N–H and O–H groups in total. The number of benzene rings is 3. The summed E-state index contributed by atoms with van der Waals surface area (Å²) < 4.78 is 61.1. The molecule has 196 valence electrons. The van der Waals surface area contributed by atoms with E-state index in [-0.39, 0.29) is 44.6 Å². The van der Waals surface area contributed by atoms with Crippen molar-refractivity contribution in [2.75, 3.05) is 0 Å². The molecular weight excluding hydrogens is 530 g/mol. The number of aryl methyl sites for hydroxylation is 1. The van der Waals surface area contributed by atoms with Gasteiger partial charge in [0.05, 0.1) is 17.0 Å². The second-order valence-electron chi connectivity index (χ2n) is 8.41. The molecule has 0 fully saturated rings. The van der Waals surface area contributed by atoms with Crippen LogP contribution in [-0.4, -0.2) is 17.0 Å². The maximum absolute atomic E-state index is 13.9. The van der Waals surface area contributed by atoms with Gasteiger partial charge in [-0.1, -0.05) is 41.0 Å². The number of hydrogen-bond donors (Lipinski definition) is 3. The van der Waals surface area contributed by atoms with Crippen LogP contribution in [0, 0.1) is 12.7 Å². The third kappa shape index (κ3) is 4.80. The topological polar surface area (TPSA) is 132 Å². The maximum atomic E-state index is 13.9. The Bertz CT molecular complexity index is 1680. The number of fused-ring (bicyclic) bond motifs is 1. The van der Waals surface area contributed by atoms with Crippen molar-refractivity contribution in [2.45, 2.75) is 19.0 Å². The number of alkyl halides is 3. The molecule has 4 rings (SSSR count). The van der Waals surface area contributed by atoms with E-state index in [0.717, 1.165) is 12.1 Å². The van der Waals surface area contributed by atoms with Crippen molar-refractivity contribution < 1.29 is 32.0 Å². The Morgan fingerprint density at radius 1 is 1.11 bits per heavy atom. The lowest BCUT2D eigenvalue weighted by Gasteiger charge is -2.22. The molecule has 7 nitrogen and oxygen atoms in total. The number of nitrogens with two attached hydrogens (primary N) is 2. The van der Waals surface area contributed by atoms with Crippen molar-refractivity contribution in [3.05, 3.63) is 104 Å². The summed E-state index contributed by atoms with van der Waals surface area (Å²) in [6.45, 7) is 1.65. The number of carbonyl (C=O) groups excluding carboxylic acids is 1. The van der Waals surface area contributed by atoms with Gasteiger partial charge in [-0.25, -0.2) is 9.18 Å². The molecule has 0 spiro atoms. The SMILES string of the molecule is Cc1cc2c(-c3cccc(/C(N)=N\O)c3)c(C(C(N)=O)c3ccc(F)cc3C(F)(F)F)c(=O)oc2cc1Cl. The highest BCUT2D eigenvalue weighted by Gasteiger charge is 2.40. The fourth-order valence-corrected chi connectivity index (χ4v) is 4.44. The van der Waals surface area contributed by atoms with Crippen LogP contribution in [0.5, 0.6) is 0 Å². The number of hydrogen-bond acceptors (Lipinski definition) is 5. The van der Waals surface area contributed by atoms with E-state index >= 15 is 0 Å². The predicted molar refractivity (Wildman–Crippen MR) is 133 cm³/mol. The zero-order valence-electron chi connectivity index (χ0n) is 19.4. The minimum atomic E-state index is -5.08. The second kappa shape index (κ2) is 9.82. The van der Waals surface area contributed by atoms with Gasteiger partial charge in [0.2, 0.25) is 5.91 Å². The number of primary amides is 1. The van der Waals surface area contributed by atoms with E-state index in [0.29, 0.717) is 5.56 Å². The third-order valence-corrected chi connectivity index (χ3v) is 6.39. The molecule has 0 saturated heterocycles. The Hall–Kier alpha value is -4.38. The van der Waals surface area contributed by atoms with Crippen LogP contribution in [0.15, 0.2) is 69.0 Å². The Morgan fingerprint density at radius 3 is 2.45 bits per heavy atom. The summed E-state index contributed by atoms with van der Waals surface area (Å²) in [5.74, 6) is -4.80. The van der Waals surface area contributed by atoms with Crippen molar-refractivity contribution in [1.29, 1.82) is 0 Å². The van der Waals surface area contributed by atoms with Gasteiger partial charge in [0, 0.05) is 27.6 Å². The quantitative estimate of drug-likeness (QED) is 0.0780. The number of amides is 1. The summed E-state index contributed by atoms with van der Waals surface area (Å²) in [6.07, 6.45) is -5.08. The fourth-order valence-electron chi connectivity index (χ4n) is 4.29. The fraction of sp³-hybridized carbons (Fsp3) is 0.115. The number of carbonyl (C=O) groups is 1. The third-order valence-electron chi connectivity index (χ3n) is 5.98. The van der Waals surface area contributed by atoms with Crippen LogP contribution < -0.4 is 17.1 Å². The van der Waals surface area contributed by atoms with Crippen LogP contribution in [-0.2, 0) is 11.0 Å². The lowest BCUT2D eigenvalue weighted by atomic mass is 9.82. The lowest BCUT2D eigenvalue weighted by Crippen LogP contribution is -2.30. The van der Waals surface area contributed by atoms with Gasteiger partial charge in [0.25, 0.3) is 0 Å². The Labute approximate surface area is 216 Å². The van der Waals surface area contributed by atoms with Gasteiger partial charge < -0.3 is 21.1 Å². The van der Waals surface area contributed by atoms with Crippen molar-refractivity contribution in [3.8, 4) is 11.1 Å². The van der Waals surface area contributed by atoms with Crippen molar-refractivity contribution in [1.82, 2.24) is 0 Å². The lowest BCUT2D eigenvalue weighted by molar-refractivity contribution is -0.138. The van der Waals surface area contributed by atoms with Crippen LogP contribution in [0.2, 0.25) is 5.02 Å². The van der Waals surface area contributed by atoms with Crippen LogP contribution >= 0.6 is 11.6 Å². The molecule has 0 radical (unpaired) electrons. The molecule has 38 heavy (non-hydrogen) atoms. The Morgan fingerprint density at radius 2 is 1.82 bits per heavy atom. The van der Waals surface area contributed by atoms with Gasteiger partial charge in [-0.2, -0.15) is 13.2 Å². The molecular formula is C26H18ClF4N3O4. The summed E-state index contributed by atoms with van der Waals surface area (Å²) in [6, 6.07) is 10.5. The van der Waals surface area contributed by atoms with Gasteiger partial charge in [0.1, 0.15) is 11.4 Å². The average Bonchev–Trinajstić information content (AvgIpc) is 2.85. The van der Waals surface area contributed by atoms with E-state index in [4.69, 9.17) is 32.7 Å². The summed E-state index contributed by atoms with van der Waals surface area (Å²) in [5, 5.41) is 12.5. The second-order valence-corrected chi connectivity index (χ2v) is 8.81. The highest BCUT2D eigenvalue weighted by molar-refractivity contribution is 6.32. The molecule has 0 aliphatic rings. The minimum Gasteiger partial charge on any atom is -0.422 e. The molecule has 1 unspecified atom stereocenters. The molecule has 1 heterocycles. The molecule has 4 aromatic rings. The van der Waals surface area contributed by atoms with E-state index in [9.17, 15) is 27.2 Å². The van der Waals surface area contributed by atoms with Gasteiger partial charge >= 0.3 is 11.8 Å². The van der Waals surface area contributed by atoms with E-state index in [1.54, 1.807) is 6.92 Å². The van der Waals surface area contributed by atoms with Crippen molar-refractivity contribution in [2.24, 2.45) is 16.6 Å². The van der Waals surface area contributed by atoms with E-state index in [2.05, 4.69) is 5.16 Å². The van der Waals surface area contributed by atoms with E-state index < -0.39 is 46.1 Å². The largest absolute Gasteiger partial charge is 0.422 e. The molecule has 0 aliphatic heterocycles. The van der Waals surface area contributed by atoms with Crippen molar-refractivity contribution >= 4 is 34.3 Å². The van der Waals surface area contributed by atoms with Gasteiger partial charge in [-0.3, -0.25) is 4.79 Å². The maximum Gasteiger partial charge on any atom is 0.416 e. The van der Waals surface area contributed by atoms with Gasteiger partial charge in [-0.15, -0.1) is 0 Å². The standard InChI is InChI=1S/C26H18ClF4N3O4/c1-11-7-16-19(10-18(11)27)38-25(36)22(20(16)12-3-2-4-13(8-12)23(32)34-37)21(24(33)35)15-6-5-14(28)9-17(15)26(29,30)31/h2-10,21,37H,1H3,(H2,32,34)(H2,33,35). The minimum absolute atomic E-state index is 0.00450. The Balaban J connectivity index is 2.20. The molecule has 1 aromatic heterocycles. The molecule has 0 bridgehead atoms. The number of rotatable bonds is 5. The highest BCUT2D eigenvalue weighted by atomic mass is 35.5. The number of amidine groups is 1. The molecule has 3 aromatic carbocycles. The van der Waals surface area contributed by atoms with Crippen LogP contribution in [0.4, 0.5) is 17.6 Å². The van der Waals surface area contributed by atoms with E-state index in [1.165, 1.54) is 36.4 Å². The first kappa shape index (κ1) is 26.7. The first-order valence-corrected chi connectivity index (χ1v) is 11.2. The monoisotopic (exact) mass is 547 g/mol. The number of nitrogens with zero attached hydrogens (tertiary/aromatic N) is 1. The van der Waals surface area contributed by atoms with Gasteiger partial charge in [0.15, 0.2) is 5.84 Å². The molecule has 1 atom stereocenters. The van der Waals surface area contributed by atoms with Gasteiger partial charge in [-0.05, 0) is 47.9 Å². The Kier molecular flexibility index (Phi) is 6.90. The van der Waals surface area contributed by atoms with Crippen molar-refractivity contribution in [3.63, 3.8) is 0 Å². The predicted octanol–water partition coefficient (Wildman–Crippen LogP) is 5.29. The zero-order chi connectivity index (χ0) is 27.9. The highest BCUT2D eigenvalue weighted by Crippen LogP contribution is 2.42. The average molecular weight is 548 g/mol. The normalized spacial score (nSPS) is 13.1. The smallest absolute Gasteiger partial charge is 0.416 e. The molecule has 0 saturated carbocycles. The van der Waals surface area contributed by atoms with E-state index in [1.807, 2.05) is 0 Å². The number of halogens is 5.